The highest BCUT2D eigenvalue weighted by atomic mass is 15.2. The summed E-state index contributed by atoms with van der Waals surface area (Å²) in [5.74, 6) is 0.564. The Morgan fingerprint density at radius 1 is 1.25 bits per heavy atom. The van der Waals surface area contributed by atoms with Crippen LogP contribution in [-0.4, -0.2) is 21.8 Å². The molecular formula is C19H27N5. The Kier molecular flexibility index (Phi) is 5.51. The number of rotatable bonds is 4. The highest BCUT2D eigenvalue weighted by Crippen LogP contribution is 2.20. The summed E-state index contributed by atoms with van der Waals surface area (Å²) < 4.78 is 1.81. The first-order valence-corrected chi connectivity index (χ1v) is 8.85. The Morgan fingerprint density at radius 3 is 2.75 bits per heavy atom. The second-order valence-electron chi connectivity index (χ2n) is 6.64. The van der Waals surface area contributed by atoms with Crippen LogP contribution < -0.4 is 11.1 Å². The van der Waals surface area contributed by atoms with Gasteiger partial charge in [-0.2, -0.15) is 5.10 Å². The maximum atomic E-state index is 6.08. The van der Waals surface area contributed by atoms with E-state index in [-0.39, 0.29) is 0 Å². The van der Waals surface area contributed by atoms with E-state index in [2.05, 4.69) is 39.7 Å². The molecular weight excluding hydrogens is 298 g/mol. The molecule has 0 bridgehead atoms. The molecule has 1 saturated carbocycles. The SMILES string of the molecule is Cn1cc(-c2cccc(CN=C(N)NC3CCCCCC3)c2)cn1. The van der Waals surface area contributed by atoms with Crippen LogP contribution in [0.5, 0.6) is 0 Å². The first-order chi connectivity index (χ1) is 11.7. The number of guanidine groups is 1. The number of hydrogen-bond donors (Lipinski definition) is 2. The molecule has 0 unspecified atom stereocenters. The van der Waals surface area contributed by atoms with Crippen molar-refractivity contribution in [1.29, 1.82) is 0 Å². The minimum absolute atomic E-state index is 0.484. The van der Waals surface area contributed by atoms with E-state index >= 15 is 0 Å². The predicted octanol–water partition coefficient (Wildman–Crippen LogP) is 3.21. The van der Waals surface area contributed by atoms with E-state index in [1.807, 2.05) is 24.1 Å². The normalized spacial score (nSPS) is 16.8. The fourth-order valence-electron chi connectivity index (χ4n) is 3.27. The van der Waals surface area contributed by atoms with Gasteiger partial charge in [-0.3, -0.25) is 4.68 Å². The number of nitrogens with two attached hydrogens (primary N) is 1. The molecule has 1 heterocycles. The van der Waals surface area contributed by atoms with Crippen molar-refractivity contribution >= 4 is 5.96 Å². The van der Waals surface area contributed by atoms with Gasteiger partial charge in [0.15, 0.2) is 5.96 Å². The summed E-state index contributed by atoms with van der Waals surface area (Å²) in [5.41, 5.74) is 9.51. The van der Waals surface area contributed by atoms with Gasteiger partial charge >= 0.3 is 0 Å². The fraction of sp³-hybridized carbons (Fsp3) is 0.474. The number of benzene rings is 1. The smallest absolute Gasteiger partial charge is 0.189 e. The molecule has 3 N–H and O–H groups in total. The molecule has 0 saturated heterocycles. The molecule has 5 nitrogen and oxygen atoms in total. The van der Waals surface area contributed by atoms with Gasteiger partial charge in [-0.25, -0.2) is 4.99 Å². The molecule has 0 radical (unpaired) electrons. The van der Waals surface area contributed by atoms with Crippen LogP contribution in [0.1, 0.15) is 44.1 Å². The number of nitrogens with zero attached hydrogens (tertiary/aromatic N) is 3. The lowest BCUT2D eigenvalue weighted by Crippen LogP contribution is -2.39. The van der Waals surface area contributed by atoms with Crippen molar-refractivity contribution in [2.24, 2.45) is 17.8 Å². The number of nitrogens with one attached hydrogen (secondary N) is 1. The Morgan fingerprint density at radius 2 is 2.04 bits per heavy atom. The van der Waals surface area contributed by atoms with Crippen molar-refractivity contribution in [3.05, 3.63) is 42.2 Å². The van der Waals surface area contributed by atoms with E-state index < -0.39 is 0 Å². The number of aryl methyl sites for hydroxylation is 1. The van der Waals surface area contributed by atoms with Crippen LogP contribution in [0.15, 0.2) is 41.7 Å². The Bertz CT molecular complexity index is 681. The summed E-state index contributed by atoms with van der Waals surface area (Å²) in [6.07, 6.45) is 11.6. The van der Waals surface area contributed by atoms with Gasteiger partial charge in [0.25, 0.3) is 0 Å². The van der Waals surface area contributed by atoms with Crippen LogP contribution >= 0.6 is 0 Å². The molecule has 1 fully saturated rings. The van der Waals surface area contributed by atoms with Gasteiger partial charge in [0.2, 0.25) is 0 Å². The zero-order valence-corrected chi connectivity index (χ0v) is 14.4. The summed E-state index contributed by atoms with van der Waals surface area (Å²) in [7, 11) is 1.93. The summed E-state index contributed by atoms with van der Waals surface area (Å²) in [5, 5.41) is 7.62. The van der Waals surface area contributed by atoms with E-state index in [9.17, 15) is 0 Å². The molecule has 0 spiro atoms. The minimum Gasteiger partial charge on any atom is -0.370 e. The van der Waals surface area contributed by atoms with Gasteiger partial charge in [-0.05, 0) is 30.0 Å². The number of hydrogen-bond acceptors (Lipinski definition) is 2. The van der Waals surface area contributed by atoms with Crippen LogP contribution in [-0.2, 0) is 13.6 Å². The standard InChI is InChI=1S/C19H27N5/c1-24-14-17(13-22-24)16-8-6-7-15(11-16)12-21-19(20)23-18-9-4-2-3-5-10-18/h6-8,11,13-14,18H,2-5,9-10,12H2,1H3,(H3,20,21,23). The van der Waals surface area contributed by atoms with Gasteiger partial charge in [0.1, 0.15) is 0 Å². The lowest BCUT2D eigenvalue weighted by molar-refractivity contribution is 0.530. The van der Waals surface area contributed by atoms with Gasteiger partial charge in [-0.1, -0.05) is 43.9 Å². The van der Waals surface area contributed by atoms with Crippen LogP contribution in [0.2, 0.25) is 0 Å². The lowest BCUT2D eigenvalue weighted by Gasteiger charge is -2.16. The summed E-state index contributed by atoms with van der Waals surface area (Å²) in [4.78, 5) is 4.52. The zero-order chi connectivity index (χ0) is 16.8. The monoisotopic (exact) mass is 325 g/mol. The van der Waals surface area contributed by atoms with Crippen molar-refractivity contribution < 1.29 is 0 Å². The molecule has 1 aromatic carbocycles. The molecule has 1 aliphatic rings. The van der Waals surface area contributed by atoms with Crippen LogP contribution in [0.25, 0.3) is 11.1 Å². The molecule has 24 heavy (non-hydrogen) atoms. The Labute approximate surface area is 144 Å². The maximum Gasteiger partial charge on any atom is 0.189 e. The fourth-order valence-corrected chi connectivity index (χ4v) is 3.27. The number of aliphatic imine (C=N–C) groups is 1. The quantitative estimate of drug-likeness (QED) is 0.515. The summed E-state index contributed by atoms with van der Waals surface area (Å²) >= 11 is 0. The molecule has 3 rings (SSSR count). The molecule has 1 aliphatic carbocycles. The van der Waals surface area contributed by atoms with E-state index in [4.69, 9.17) is 5.73 Å². The second kappa shape index (κ2) is 7.99. The highest BCUT2D eigenvalue weighted by Gasteiger charge is 2.12. The summed E-state index contributed by atoms with van der Waals surface area (Å²) in [6.45, 7) is 0.597. The molecule has 0 amide bonds. The van der Waals surface area contributed by atoms with Crippen molar-refractivity contribution in [3.8, 4) is 11.1 Å². The minimum atomic E-state index is 0.484. The third-order valence-corrected chi connectivity index (χ3v) is 4.60. The first-order valence-electron chi connectivity index (χ1n) is 8.85. The zero-order valence-electron chi connectivity index (χ0n) is 14.4. The van der Waals surface area contributed by atoms with E-state index in [1.165, 1.54) is 38.5 Å². The number of aromatic nitrogens is 2. The molecule has 5 heteroatoms. The average molecular weight is 325 g/mol. The van der Waals surface area contributed by atoms with Crippen LogP contribution in [0.4, 0.5) is 0 Å². The first kappa shape index (κ1) is 16.6. The van der Waals surface area contributed by atoms with Crippen molar-refractivity contribution in [2.45, 2.75) is 51.1 Å². The highest BCUT2D eigenvalue weighted by molar-refractivity contribution is 5.78. The Hall–Kier alpha value is -2.30. The molecule has 1 aromatic heterocycles. The van der Waals surface area contributed by atoms with E-state index in [1.54, 1.807) is 0 Å². The molecule has 0 atom stereocenters. The van der Waals surface area contributed by atoms with Gasteiger partial charge in [0.05, 0.1) is 12.7 Å². The molecule has 128 valence electrons. The van der Waals surface area contributed by atoms with Crippen molar-refractivity contribution in [2.75, 3.05) is 0 Å². The average Bonchev–Trinajstić information content (AvgIpc) is 2.86. The van der Waals surface area contributed by atoms with E-state index in [0.29, 0.717) is 18.5 Å². The molecule has 0 aliphatic heterocycles. The van der Waals surface area contributed by atoms with Gasteiger partial charge in [0, 0.05) is 24.8 Å². The van der Waals surface area contributed by atoms with Crippen molar-refractivity contribution in [3.63, 3.8) is 0 Å². The van der Waals surface area contributed by atoms with Crippen molar-refractivity contribution in [1.82, 2.24) is 15.1 Å². The second-order valence-corrected chi connectivity index (χ2v) is 6.64. The van der Waals surface area contributed by atoms with Crippen LogP contribution in [0, 0.1) is 0 Å². The topological polar surface area (TPSA) is 68.2 Å². The largest absolute Gasteiger partial charge is 0.370 e. The molecule has 2 aromatic rings. The predicted molar refractivity (Wildman–Crippen MR) is 98.6 cm³/mol. The van der Waals surface area contributed by atoms with Gasteiger partial charge in [-0.15, -0.1) is 0 Å². The lowest BCUT2D eigenvalue weighted by atomic mass is 10.1. The maximum absolute atomic E-state index is 6.08. The van der Waals surface area contributed by atoms with Crippen LogP contribution in [0.3, 0.4) is 0 Å². The third-order valence-electron chi connectivity index (χ3n) is 4.60. The van der Waals surface area contributed by atoms with Gasteiger partial charge < -0.3 is 11.1 Å². The summed E-state index contributed by atoms with van der Waals surface area (Å²) in [6, 6.07) is 8.87. The Balaban J connectivity index is 1.61. The third kappa shape index (κ3) is 4.60. The van der Waals surface area contributed by atoms with E-state index in [0.717, 1.165) is 16.7 Å².